The van der Waals surface area contributed by atoms with E-state index in [0.717, 1.165) is 16.7 Å². The molecule has 0 radical (unpaired) electrons. The van der Waals surface area contributed by atoms with E-state index < -0.39 is 67.7 Å². The SMILES string of the molecule is CO[C@@H](C[C@H](O)C(C)[C@H](O)C(C)/C=C(C)/C(C)=C/C=C/C(C)=C/C#N)[C@H]1OC2(C[C@@H](O)[C@H](C)C(C/C=C/C#N)O2)C(C)(C)[C@H]1OP(=O)(O)O. The summed E-state index contributed by atoms with van der Waals surface area (Å²) in [7, 11) is -3.68. The Kier molecular flexibility index (Phi) is 15.8. The number of phosphoric ester groups is 1. The Balaban J connectivity index is 2.33. The zero-order valence-corrected chi connectivity index (χ0v) is 30.9. The summed E-state index contributed by atoms with van der Waals surface area (Å²) in [4.78, 5) is 19.8. The van der Waals surface area contributed by atoms with Gasteiger partial charge in [0.2, 0.25) is 0 Å². The molecule has 2 rings (SSSR count). The van der Waals surface area contributed by atoms with Gasteiger partial charge in [0, 0.05) is 55.3 Å². The van der Waals surface area contributed by atoms with Crippen LogP contribution in [-0.2, 0) is 23.3 Å². The number of aliphatic hydroxyl groups excluding tert-OH is 3. The second kappa shape index (κ2) is 18.2. The van der Waals surface area contributed by atoms with Crippen LogP contribution in [0.2, 0.25) is 0 Å². The highest BCUT2D eigenvalue weighted by Crippen LogP contribution is 2.58. The van der Waals surface area contributed by atoms with Gasteiger partial charge in [0.15, 0.2) is 5.79 Å². The lowest BCUT2D eigenvalue weighted by Gasteiger charge is -2.50. The summed E-state index contributed by atoms with van der Waals surface area (Å²) in [6, 6.07) is 3.92. The van der Waals surface area contributed by atoms with E-state index in [9.17, 15) is 29.7 Å². The largest absolute Gasteiger partial charge is 0.469 e. The smallest absolute Gasteiger partial charge is 0.393 e. The van der Waals surface area contributed by atoms with E-state index in [-0.39, 0.29) is 24.7 Å². The van der Waals surface area contributed by atoms with Gasteiger partial charge in [0.05, 0.1) is 42.7 Å². The van der Waals surface area contributed by atoms with Crippen molar-refractivity contribution in [1.29, 1.82) is 10.5 Å². The quantitative estimate of drug-likeness (QED) is 0.0852. The average molecular weight is 707 g/mol. The van der Waals surface area contributed by atoms with Gasteiger partial charge >= 0.3 is 7.82 Å². The van der Waals surface area contributed by atoms with E-state index in [4.69, 9.17) is 29.3 Å². The number of allylic oxidation sites excluding steroid dienone is 8. The van der Waals surface area contributed by atoms with Crippen molar-refractivity contribution in [3.63, 3.8) is 0 Å². The topological polar surface area (TPSA) is 203 Å². The minimum absolute atomic E-state index is 0.0196. The summed E-state index contributed by atoms with van der Waals surface area (Å²) in [5.41, 5.74) is 1.49. The lowest BCUT2D eigenvalue weighted by Crippen LogP contribution is -2.58. The summed E-state index contributed by atoms with van der Waals surface area (Å²) < 4.78 is 36.4. The molecule has 2 aliphatic rings. The number of nitrogens with zero attached hydrogens (tertiary/aromatic N) is 2. The summed E-state index contributed by atoms with van der Waals surface area (Å²) in [6.45, 7) is 14.4. The molecule has 0 amide bonds. The number of methoxy groups -OCH3 is 1. The van der Waals surface area contributed by atoms with E-state index in [1.54, 1.807) is 26.8 Å². The van der Waals surface area contributed by atoms with E-state index in [2.05, 4.69) is 0 Å². The van der Waals surface area contributed by atoms with Crippen molar-refractivity contribution in [3.8, 4) is 12.1 Å². The van der Waals surface area contributed by atoms with Crippen LogP contribution in [0.15, 0.2) is 59.3 Å². The molecule has 0 aromatic rings. The molecule has 2 aliphatic heterocycles. The summed E-state index contributed by atoms with van der Waals surface area (Å²) in [5, 5.41) is 51.5. The van der Waals surface area contributed by atoms with Crippen molar-refractivity contribution >= 4 is 7.82 Å². The average Bonchev–Trinajstić information content (AvgIpc) is 3.21. The van der Waals surface area contributed by atoms with Gasteiger partial charge in [-0.3, -0.25) is 4.52 Å². The number of phosphoric acid groups is 1. The van der Waals surface area contributed by atoms with Crippen LogP contribution in [0.5, 0.6) is 0 Å². The van der Waals surface area contributed by atoms with Gasteiger partial charge in [-0.2, -0.15) is 10.5 Å². The van der Waals surface area contributed by atoms with Gasteiger partial charge in [0.1, 0.15) is 12.2 Å². The monoisotopic (exact) mass is 706 g/mol. The van der Waals surface area contributed by atoms with Crippen LogP contribution in [0, 0.1) is 45.8 Å². The molecule has 0 aliphatic carbocycles. The van der Waals surface area contributed by atoms with Gasteiger partial charge in [-0.15, -0.1) is 0 Å². The highest BCUT2D eigenvalue weighted by Gasteiger charge is 2.67. The van der Waals surface area contributed by atoms with Crippen LogP contribution in [0.1, 0.15) is 74.7 Å². The number of rotatable bonds is 15. The van der Waals surface area contributed by atoms with Crippen molar-refractivity contribution in [2.75, 3.05) is 7.11 Å². The van der Waals surface area contributed by atoms with E-state index >= 15 is 0 Å². The van der Waals surface area contributed by atoms with Crippen LogP contribution < -0.4 is 0 Å². The maximum atomic E-state index is 12.2. The minimum atomic E-state index is -5.07. The van der Waals surface area contributed by atoms with Gasteiger partial charge in [-0.25, -0.2) is 4.57 Å². The van der Waals surface area contributed by atoms with E-state index in [0.29, 0.717) is 6.42 Å². The normalized spacial score (nSPS) is 31.4. The molecule has 2 saturated heterocycles. The Morgan fingerprint density at radius 3 is 2.33 bits per heavy atom. The van der Waals surface area contributed by atoms with E-state index in [1.807, 2.05) is 71.1 Å². The molecule has 4 unspecified atom stereocenters. The Morgan fingerprint density at radius 2 is 1.76 bits per heavy atom. The third kappa shape index (κ3) is 11.0. The van der Waals surface area contributed by atoms with E-state index in [1.165, 1.54) is 19.3 Å². The minimum Gasteiger partial charge on any atom is -0.393 e. The highest BCUT2D eigenvalue weighted by molar-refractivity contribution is 7.46. The lowest BCUT2D eigenvalue weighted by molar-refractivity contribution is -0.334. The molecule has 0 aromatic heterocycles. The summed E-state index contributed by atoms with van der Waals surface area (Å²) in [5.74, 6) is -2.87. The standard InChI is InChI=1S/C36H55N2O10P/c1-22(16-18-38)13-12-14-23(2)24(3)19-25(4)32(41)27(6)28(39)20-31(45-9)33-34(48-49(42,43)44)35(7,8)36(47-33)21-29(40)26(5)30(46-36)15-10-11-17-37/h10-14,16,19,25-34,39-41H,15,20-21H2,1-9H3,(H2,42,43,44)/b11-10+,13-12+,22-16+,23-14+,24-19+/t25?,26-,27?,28-,29+,30?,31-,32+,33+,34-,36?/m0/s1. The Morgan fingerprint density at radius 1 is 1.10 bits per heavy atom. The highest BCUT2D eigenvalue weighted by atomic mass is 31.2. The third-order valence-corrected chi connectivity index (χ3v) is 10.6. The fourth-order valence-corrected chi connectivity index (χ4v) is 7.24. The predicted molar refractivity (Wildman–Crippen MR) is 184 cm³/mol. The van der Waals surface area contributed by atoms with Gasteiger partial charge < -0.3 is 39.3 Å². The van der Waals surface area contributed by atoms with Crippen LogP contribution in [-0.4, -0.2) is 80.7 Å². The molecule has 13 heteroatoms. The van der Waals surface area contributed by atoms with Crippen molar-refractivity contribution in [1.82, 2.24) is 0 Å². The Bertz CT molecular complexity index is 1400. The predicted octanol–water partition coefficient (Wildman–Crippen LogP) is 5.16. The maximum Gasteiger partial charge on any atom is 0.469 e. The molecule has 1 spiro atoms. The first kappa shape index (κ1) is 42.7. The zero-order valence-electron chi connectivity index (χ0n) is 30.1. The first-order valence-electron chi connectivity index (χ1n) is 16.6. The molecule has 11 atom stereocenters. The number of hydrogen-bond donors (Lipinski definition) is 5. The second-order valence-corrected chi connectivity index (χ2v) is 15.2. The fourth-order valence-electron chi connectivity index (χ4n) is 6.56. The molecular weight excluding hydrogens is 651 g/mol. The lowest BCUT2D eigenvalue weighted by atomic mass is 9.72. The van der Waals surface area contributed by atoms with Crippen molar-refractivity contribution in [3.05, 3.63) is 59.3 Å². The summed E-state index contributed by atoms with van der Waals surface area (Å²) in [6.07, 6.45) is 5.15. The molecule has 5 N–H and O–H groups in total. The number of nitriles is 2. The molecule has 0 saturated carbocycles. The molecule has 2 heterocycles. The molecule has 0 bridgehead atoms. The first-order chi connectivity index (χ1) is 22.7. The molecule has 2 fully saturated rings. The Labute approximate surface area is 291 Å². The summed E-state index contributed by atoms with van der Waals surface area (Å²) >= 11 is 0. The molecule has 0 aromatic carbocycles. The fraction of sp³-hybridized carbons (Fsp3) is 0.667. The number of hydrogen-bond acceptors (Lipinski definition) is 10. The second-order valence-electron chi connectivity index (χ2n) is 14.0. The van der Waals surface area contributed by atoms with Crippen molar-refractivity contribution in [2.45, 2.75) is 123 Å². The number of ether oxygens (including phenoxy) is 3. The van der Waals surface area contributed by atoms with Gasteiger partial charge in [-0.1, -0.05) is 70.6 Å². The van der Waals surface area contributed by atoms with Crippen LogP contribution in [0.4, 0.5) is 0 Å². The molecule has 274 valence electrons. The zero-order chi connectivity index (χ0) is 37.3. The number of aliphatic hydroxyl groups is 3. The Hall–Kier alpha value is -2.45. The van der Waals surface area contributed by atoms with Crippen LogP contribution in [0.3, 0.4) is 0 Å². The molecule has 12 nitrogen and oxygen atoms in total. The van der Waals surface area contributed by atoms with Crippen molar-refractivity contribution in [2.24, 2.45) is 23.2 Å². The van der Waals surface area contributed by atoms with Crippen molar-refractivity contribution < 1.29 is 48.4 Å². The van der Waals surface area contributed by atoms with Gasteiger partial charge in [-0.05, 0) is 38.3 Å². The third-order valence-electron chi connectivity index (χ3n) is 10.1. The maximum absolute atomic E-state index is 12.2. The molecule has 49 heavy (non-hydrogen) atoms. The molecular formula is C36H55N2O10P. The first-order valence-corrected chi connectivity index (χ1v) is 18.1. The van der Waals surface area contributed by atoms with Crippen LogP contribution in [0.25, 0.3) is 0 Å². The van der Waals surface area contributed by atoms with Crippen LogP contribution >= 0.6 is 7.82 Å². The van der Waals surface area contributed by atoms with Gasteiger partial charge in [0.25, 0.3) is 0 Å².